The third kappa shape index (κ3) is 4.71. The number of hydrogen-bond donors (Lipinski definition) is 1. The van der Waals surface area contributed by atoms with Crippen LogP contribution in [-0.2, 0) is 4.74 Å². The van der Waals surface area contributed by atoms with E-state index in [0.717, 1.165) is 44.8 Å². The average Bonchev–Trinajstić information content (AvgIpc) is 2.65. The van der Waals surface area contributed by atoms with Gasteiger partial charge in [0, 0.05) is 44.9 Å². The van der Waals surface area contributed by atoms with Crippen molar-refractivity contribution in [3.63, 3.8) is 0 Å². The van der Waals surface area contributed by atoms with Crippen molar-refractivity contribution in [2.45, 2.75) is 44.7 Å². The van der Waals surface area contributed by atoms with Crippen molar-refractivity contribution in [1.82, 2.24) is 15.1 Å². The van der Waals surface area contributed by atoms with Gasteiger partial charge >= 0.3 is 0 Å². The summed E-state index contributed by atoms with van der Waals surface area (Å²) in [5, 5.41) is 3.53. The molecular formula is C15H31N3O. The molecule has 4 nitrogen and oxygen atoms in total. The van der Waals surface area contributed by atoms with Crippen LogP contribution in [0.5, 0.6) is 0 Å². The zero-order chi connectivity index (χ0) is 13.5. The summed E-state index contributed by atoms with van der Waals surface area (Å²) < 4.78 is 5.34. The van der Waals surface area contributed by atoms with Gasteiger partial charge in [-0.05, 0) is 52.7 Å². The fourth-order valence-corrected chi connectivity index (χ4v) is 3.39. The third-order valence-corrected chi connectivity index (χ3v) is 4.68. The number of ether oxygens (including phenoxy) is 1. The molecule has 0 aromatic carbocycles. The van der Waals surface area contributed by atoms with Gasteiger partial charge in [0.15, 0.2) is 0 Å². The summed E-state index contributed by atoms with van der Waals surface area (Å²) in [6.45, 7) is 9.74. The molecule has 112 valence electrons. The molecule has 4 heteroatoms. The second-order valence-corrected chi connectivity index (χ2v) is 5.94. The van der Waals surface area contributed by atoms with E-state index in [2.05, 4.69) is 29.1 Å². The second-order valence-electron chi connectivity index (χ2n) is 5.94. The lowest BCUT2D eigenvalue weighted by atomic mass is 10.1. The fourth-order valence-electron chi connectivity index (χ4n) is 3.39. The molecule has 0 radical (unpaired) electrons. The van der Waals surface area contributed by atoms with Crippen LogP contribution < -0.4 is 5.32 Å². The zero-order valence-corrected chi connectivity index (χ0v) is 12.7. The van der Waals surface area contributed by atoms with Crippen molar-refractivity contribution in [3.05, 3.63) is 0 Å². The lowest BCUT2D eigenvalue weighted by molar-refractivity contribution is 0.144. The largest absolute Gasteiger partial charge is 0.382 e. The highest BCUT2D eigenvalue weighted by molar-refractivity contribution is 4.90. The first kappa shape index (κ1) is 15.2. The number of likely N-dealkylation sites (N-methyl/N-ethyl adjacent to an activating group) is 1. The second kappa shape index (κ2) is 8.20. The standard InChI is InChI=1S/C15H31N3O/c1-3-19-12-4-8-16-9-11-18-10-7-14-5-6-15(13-18)17(14)2/h14-16H,3-13H2,1-2H3. The maximum absolute atomic E-state index is 5.34. The molecule has 2 saturated heterocycles. The van der Waals surface area contributed by atoms with Crippen molar-refractivity contribution in [2.24, 2.45) is 0 Å². The highest BCUT2D eigenvalue weighted by atomic mass is 16.5. The fraction of sp³-hybridized carbons (Fsp3) is 1.00. The third-order valence-electron chi connectivity index (χ3n) is 4.68. The van der Waals surface area contributed by atoms with E-state index in [1.165, 1.54) is 38.9 Å². The number of likely N-dealkylation sites (tertiary alicyclic amines) is 1. The van der Waals surface area contributed by atoms with Crippen LogP contribution in [0.1, 0.15) is 32.6 Å². The van der Waals surface area contributed by atoms with Crippen molar-refractivity contribution in [1.29, 1.82) is 0 Å². The smallest absolute Gasteiger partial charge is 0.0477 e. The minimum absolute atomic E-state index is 0.811. The highest BCUT2D eigenvalue weighted by Gasteiger charge is 2.34. The van der Waals surface area contributed by atoms with Gasteiger partial charge in [-0.15, -0.1) is 0 Å². The predicted molar refractivity (Wildman–Crippen MR) is 79.6 cm³/mol. The molecule has 2 fully saturated rings. The van der Waals surface area contributed by atoms with Crippen molar-refractivity contribution in [2.75, 3.05) is 53.0 Å². The van der Waals surface area contributed by atoms with E-state index in [4.69, 9.17) is 4.74 Å². The van der Waals surface area contributed by atoms with E-state index in [9.17, 15) is 0 Å². The van der Waals surface area contributed by atoms with Crippen LogP contribution >= 0.6 is 0 Å². The van der Waals surface area contributed by atoms with Crippen LogP contribution in [0.4, 0.5) is 0 Å². The summed E-state index contributed by atoms with van der Waals surface area (Å²) in [6, 6.07) is 1.67. The molecule has 2 bridgehead atoms. The Hall–Kier alpha value is -0.160. The Labute approximate surface area is 118 Å². The Morgan fingerprint density at radius 2 is 2.00 bits per heavy atom. The Kier molecular flexibility index (Phi) is 6.57. The van der Waals surface area contributed by atoms with Crippen LogP contribution in [-0.4, -0.2) is 74.9 Å². The van der Waals surface area contributed by atoms with Crippen LogP contribution in [0.2, 0.25) is 0 Å². The predicted octanol–water partition coefficient (Wildman–Crippen LogP) is 1.17. The first-order valence-electron chi connectivity index (χ1n) is 8.04. The van der Waals surface area contributed by atoms with Crippen molar-refractivity contribution >= 4 is 0 Å². The van der Waals surface area contributed by atoms with E-state index in [1.807, 2.05) is 0 Å². The number of nitrogens with zero attached hydrogens (tertiary/aromatic N) is 2. The van der Waals surface area contributed by atoms with Crippen LogP contribution in [0.15, 0.2) is 0 Å². The van der Waals surface area contributed by atoms with Crippen LogP contribution in [0.25, 0.3) is 0 Å². The molecule has 2 aliphatic rings. The maximum atomic E-state index is 5.34. The van der Waals surface area contributed by atoms with E-state index < -0.39 is 0 Å². The molecule has 2 atom stereocenters. The molecule has 0 saturated carbocycles. The van der Waals surface area contributed by atoms with Crippen molar-refractivity contribution < 1.29 is 4.74 Å². The molecule has 2 rings (SSSR count). The van der Waals surface area contributed by atoms with E-state index in [0.29, 0.717) is 0 Å². The van der Waals surface area contributed by atoms with Crippen LogP contribution in [0.3, 0.4) is 0 Å². The maximum Gasteiger partial charge on any atom is 0.0477 e. The lowest BCUT2D eigenvalue weighted by Gasteiger charge is -2.25. The SMILES string of the molecule is CCOCCCNCCN1CCC2CCC(C1)N2C. The number of fused-ring (bicyclic) bond motifs is 2. The summed E-state index contributed by atoms with van der Waals surface area (Å²) in [5.74, 6) is 0. The number of hydrogen-bond acceptors (Lipinski definition) is 4. The average molecular weight is 269 g/mol. The lowest BCUT2D eigenvalue weighted by Crippen LogP contribution is -2.39. The molecule has 2 aliphatic heterocycles. The zero-order valence-electron chi connectivity index (χ0n) is 12.7. The van der Waals surface area contributed by atoms with Crippen molar-refractivity contribution in [3.8, 4) is 0 Å². The molecule has 0 spiro atoms. The normalized spacial score (nSPS) is 28.7. The monoisotopic (exact) mass is 269 g/mol. The Morgan fingerprint density at radius 1 is 1.16 bits per heavy atom. The topological polar surface area (TPSA) is 27.7 Å². The molecule has 0 amide bonds. The minimum Gasteiger partial charge on any atom is -0.382 e. The molecule has 19 heavy (non-hydrogen) atoms. The van der Waals surface area contributed by atoms with Gasteiger partial charge in [0.05, 0.1) is 0 Å². The van der Waals surface area contributed by atoms with Gasteiger partial charge in [-0.1, -0.05) is 0 Å². The van der Waals surface area contributed by atoms with Gasteiger partial charge in [-0.25, -0.2) is 0 Å². The first-order chi connectivity index (χ1) is 9.31. The molecule has 0 aromatic heterocycles. The highest BCUT2D eigenvalue weighted by Crippen LogP contribution is 2.28. The summed E-state index contributed by atoms with van der Waals surface area (Å²) in [4.78, 5) is 5.27. The van der Waals surface area contributed by atoms with Gasteiger partial charge in [0.25, 0.3) is 0 Å². The van der Waals surface area contributed by atoms with Gasteiger partial charge in [-0.2, -0.15) is 0 Å². The Bertz CT molecular complexity index is 250. The van der Waals surface area contributed by atoms with E-state index >= 15 is 0 Å². The van der Waals surface area contributed by atoms with E-state index in [-0.39, 0.29) is 0 Å². The van der Waals surface area contributed by atoms with E-state index in [1.54, 1.807) is 0 Å². The summed E-state index contributed by atoms with van der Waals surface area (Å²) >= 11 is 0. The number of nitrogens with one attached hydrogen (secondary N) is 1. The van der Waals surface area contributed by atoms with Crippen LogP contribution in [0, 0.1) is 0 Å². The molecule has 2 unspecified atom stereocenters. The van der Waals surface area contributed by atoms with Gasteiger partial charge in [0.2, 0.25) is 0 Å². The summed E-state index contributed by atoms with van der Waals surface area (Å²) in [6.07, 6.45) is 5.31. The quantitative estimate of drug-likeness (QED) is 0.670. The molecule has 0 aliphatic carbocycles. The molecule has 2 heterocycles. The van der Waals surface area contributed by atoms with Gasteiger partial charge in [0.1, 0.15) is 0 Å². The minimum atomic E-state index is 0.811. The Morgan fingerprint density at radius 3 is 2.84 bits per heavy atom. The summed E-state index contributed by atoms with van der Waals surface area (Å²) in [7, 11) is 2.32. The molecule has 1 N–H and O–H groups in total. The molecule has 0 aromatic rings. The summed E-state index contributed by atoms with van der Waals surface area (Å²) in [5.41, 5.74) is 0. The molecular weight excluding hydrogens is 238 g/mol. The van der Waals surface area contributed by atoms with Gasteiger partial charge < -0.3 is 15.0 Å². The number of rotatable bonds is 8. The Balaban J connectivity index is 1.54. The first-order valence-corrected chi connectivity index (χ1v) is 8.04. The van der Waals surface area contributed by atoms with Gasteiger partial charge in [-0.3, -0.25) is 4.90 Å².